The number of rotatable bonds is 2. The van der Waals surface area contributed by atoms with Crippen molar-refractivity contribution in [2.45, 2.75) is 38.1 Å². The Morgan fingerprint density at radius 3 is 2.95 bits per heavy atom. The van der Waals surface area contributed by atoms with Gasteiger partial charge in [0.05, 0.1) is 0 Å². The van der Waals surface area contributed by atoms with Crippen molar-refractivity contribution >= 4 is 15.9 Å². The van der Waals surface area contributed by atoms with Gasteiger partial charge in [-0.3, -0.25) is 0 Å². The molecular formula is C16H18BrN3. The molecule has 2 aromatic rings. The molecule has 3 nitrogen and oxygen atoms in total. The van der Waals surface area contributed by atoms with E-state index in [-0.39, 0.29) is 6.04 Å². The summed E-state index contributed by atoms with van der Waals surface area (Å²) >= 11 is 3.58. The second kappa shape index (κ2) is 6.02. The van der Waals surface area contributed by atoms with Crippen molar-refractivity contribution in [2.75, 3.05) is 0 Å². The van der Waals surface area contributed by atoms with E-state index in [0.29, 0.717) is 0 Å². The molecule has 0 spiro atoms. The highest BCUT2D eigenvalue weighted by Gasteiger charge is 2.17. The molecule has 1 atom stereocenters. The number of aryl methyl sites for hydroxylation is 1. The van der Waals surface area contributed by atoms with Crippen molar-refractivity contribution in [3.63, 3.8) is 0 Å². The van der Waals surface area contributed by atoms with Crippen molar-refractivity contribution in [1.82, 2.24) is 9.97 Å². The first-order chi connectivity index (χ1) is 9.74. The van der Waals surface area contributed by atoms with Crippen LogP contribution in [0.4, 0.5) is 0 Å². The van der Waals surface area contributed by atoms with Crippen LogP contribution >= 0.6 is 15.9 Å². The highest BCUT2D eigenvalue weighted by molar-refractivity contribution is 9.10. The van der Waals surface area contributed by atoms with Crippen LogP contribution in [0.2, 0.25) is 0 Å². The fraction of sp³-hybridized carbons (Fsp3) is 0.375. The summed E-state index contributed by atoms with van der Waals surface area (Å²) in [6.45, 7) is 0. The Hall–Kier alpha value is -1.26. The first kappa shape index (κ1) is 13.7. The van der Waals surface area contributed by atoms with E-state index >= 15 is 0 Å². The second-order valence-corrected chi connectivity index (χ2v) is 6.16. The molecule has 20 heavy (non-hydrogen) atoms. The van der Waals surface area contributed by atoms with Gasteiger partial charge >= 0.3 is 0 Å². The van der Waals surface area contributed by atoms with Crippen molar-refractivity contribution in [2.24, 2.45) is 5.73 Å². The molecule has 1 aromatic heterocycles. The van der Waals surface area contributed by atoms with Gasteiger partial charge in [-0.25, -0.2) is 9.97 Å². The van der Waals surface area contributed by atoms with E-state index in [1.807, 2.05) is 18.3 Å². The number of nitrogens with two attached hydrogens (primary N) is 1. The molecule has 1 aromatic carbocycles. The molecule has 0 saturated carbocycles. The normalized spacial score (nSPS) is 18.4. The lowest BCUT2D eigenvalue weighted by Crippen LogP contribution is -2.13. The number of hydrogen-bond donors (Lipinski definition) is 1. The Morgan fingerprint density at radius 1 is 1.25 bits per heavy atom. The zero-order valence-electron chi connectivity index (χ0n) is 11.3. The maximum atomic E-state index is 6.19. The van der Waals surface area contributed by atoms with Gasteiger partial charge < -0.3 is 5.73 Å². The Balaban J connectivity index is 1.89. The molecule has 0 bridgehead atoms. The van der Waals surface area contributed by atoms with Gasteiger partial charge in [-0.1, -0.05) is 40.5 Å². The Labute approximate surface area is 127 Å². The van der Waals surface area contributed by atoms with Crippen LogP contribution in [0.3, 0.4) is 0 Å². The van der Waals surface area contributed by atoms with Crippen molar-refractivity contribution in [3.8, 4) is 0 Å². The molecule has 1 heterocycles. The van der Waals surface area contributed by atoms with Crippen LogP contribution < -0.4 is 5.73 Å². The number of halogens is 1. The summed E-state index contributed by atoms with van der Waals surface area (Å²) in [6.07, 6.45) is 7.10. The van der Waals surface area contributed by atoms with Crippen LogP contribution in [0.15, 0.2) is 34.9 Å². The quantitative estimate of drug-likeness (QED) is 0.856. The lowest BCUT2D eigenvalue weighted by molar-refractivity contribution is 0.614. The predicted molar refractivity (Wildman–Crippen MR) is 83.5 cm³/mol. The Kier molecular flexibility index (Phi) is 4.13. The third-order valence-electron chi connectivity index (χ3n) is 3.83. The van der Waals surface area contributed by atoms with Gasteiger partial charge in [0.15, 0.2) is 0 Å². The molecule has 0 amide bonds. The van der Waals surface area contributed by atoms with Crippen LogP contribution in [0.25, 0.3) is 0 Å². The molecule has 1 aliphatic rings. The van der Waals surface area contributed by atoms with E-state index in [1.165, 1.54) is 18.4 Å². The van der Waals surface area contributed by atoms with Gasteiger partial charge in [0.25, 0.3) is 0 Å². The molecule has 0 saturated heterocycles. The smallest absolute Gasteiger partial charge is 0.132 e. The van der Waals surface area contributed by atoms with Crippen LogP contribution in [0, 0.1) is 0 Å². The van der Waals surface area contributed by atoms with Gasteiger partial charge in [-0.05, 0) is 30.9 Å². The number of fused-ring (bicyclic) bond motifs is 1. The molecular weight excluding hydrogens is 314 g/mol. The van der Waals surface area contributed by atoms with Crippen LogP contribution in [-0.4, -0.2) is 9.97 Å². The molecule has 4 heteroatoms. The summed E-state index contributed by atoms with van der Waals surface area (Å²) in [6, 6.07) is 8.31. The summed E-state index contributed by atoms with van der Waals surface area (Å²) in [5, 5.41) is 0. The fourth-order valence-corrected chi connectivity index (χ4v) is 3.11. The molecule has 0 aliphatic heterocycles. The van der Waals surface area contributed by atoms with E-state index in [1.54, 1.807) is 0 Å². The highest BCUT2D eigenvalue weighted by Crippen LogP contribution is 2.26. The molecule has 104 valence electrons. The van der Waals surface area contributed by atoms with Gasteiger partial charge in [0, 0.05) is 34.4 Å². The molecule has 2 N–H and O–H groups in total. The van der Waals surface area contributed by atoms with Gasteiger partial charge in [-0.15, -0.1) is 0 Å². The third-order valence-corrected chi connectivity index (χ3v) is 4.61. The summed E-state index contributed by atoms with van der Waals surface area (Å²) in [5.41, 5.74) is 9.68. The minimum Gasteiger partial charge on any atom is -0.324 e. The average Bonchev–Trinajstić information content (AvgIpc) is 2.63. The van der Waals surface area contributed by atoms with Crippen LogP contribution in [0.5, 0.6) is 0 Å². The number of hydrogen-bond acceptors (Lipinski definition) is 3. The maximum Gasteiger partial charge on any atom is 0.132 e. The molecule has 1 aliphatic carbocycles. The summed E-state index contributed by atoms with van der Waals surface area (Å²) in [4.78, 5) is 9.26. The zero-order chi connectivity index (χ0) is 13.9. The molecule has 0 radical (unpaired) electrons. The highest BCUT2D eigenvalue weighted by atomic mass is 79.9. The largest absolute Gasteiger partial charge is 0.324 e. The summed E-state index contributed by atoms with van der Waals surface area (Å²) in [7, 11) is 0. The lowest BCUT2D eigenvalue weighted by Gasteiger charge is -2.12. The van der Waals surface area contributed by atoms with Crippen LogP contribution in [0.1, 0.15) is 47.9 Å². The monoisotopic (exact) mass is 331 g/mol. The average molecular weight is 332 g/mol. The second-order valence-electron chi connectivity index (χ2n) is 5.31. The zero-order valence-corrected chi connectivity index (χ0v) is 12.9. The summed E-state index contributed by atoms with van der Waals surface area (Å²) in [5.74, 6) is 0.879. The lowest BCUT2D eigenvalue weighted by atomic mass is 10.1. The van der Waals surface area contributed by atoms with Crippen molar-refractivity contribution in [1.29, 1.82) is 0 Å². The third kappa shape index (κ3) is 2.91. The van der Waals surface area contributed by atoms with Crippen molar-refractivity contribution < 1.29 is 0 Å². The predicted octanol–water partition coefficient (Wildman–Crippen LogP) is 3.56. The van der Waals surface area contributed by atoms with Gasteiger partial charge in [0.2, 0.25) is 0 Å². The van der Waals surface area contributed by atoms with Crippen LogP contribution in [-0.2, 0) is 12.8 Å². The first-order valence-corrected chi connectivity index (χ1v) is 7.87. The van der Waals surface area contributed by atoms with Gasteiger partial charge in [0.1, 0.15) is 5.82 Å². The number of aromatic nitrogens is 2. The standard InChI is InChI=1S/C16H18BrN3/c17-13-6-2-1-5-11(13)9-16-19-10-12-14(18)7-3-4-8-15(12)20-16/h1-2,5-6,10,14H,3-4,7-9,18H2. The van der Waals surface area contributed by atoms with E-state index in [9.17, 15) is 0 Å². The minimum absolute atomic E-state index is 0.102. The van der Waals surface area contributed by atoms with E-state index in [2.05, 4.69) is 33.0 Å². The fourth-order valence-electron chi connectivity index (χ4n) is 2.69. The maximum absolute atomic E-state index is 6.19. The Bertz CT molecular complexity index is 612. The first-order valence-electron chi connectivity index (χ1n) is 7.07. The number of nitrogens with zero attached hydrogens (tertiary/aromatic N) is 2. The van der Waals surface area contributed by atoms with E-state index in [0.717, 1.165) is 40.8 Å². The Morgan fingerprint density at radius 2 is 2.10 bits per heavy atom. The van der Waals surface area contributed by atoms with Gasteiger partial charge in [-0.2, -0.15) is 0 Å². The van der Waals surface area contributed by atoms with Crippen molar-refractivity contribution in [3.05, 3.63) is 57.6 Å². The molecule has 1 unspecified atom stereocenters. The van der Waals surface area contributed by atoms with E-state index < -0.39 is 0 Å². The molecule has 3 rings (SSSR count). The SMILES string of the molecule is NC1CCCCc2nc(Cc3ccccc3Br)ncc21. The topological polar surface area (TPSA) is 51.8 Å². The summed E-state index contributed by atoms with van der Waals surface area (Å²) < 4.78 is 1.11. The van der Waals surface area contributed by atoms with E-state index in [4.69, 9.17) is 10.7 Å². The molecule has 0 fully saturated rings. The number of benzene rings is 1. The minimum atomic E-state index is 0.102.